The van der Waals surface area contributed by atoms with Crippen molar-refractivity contribution in [3.05, 3.63) is 22.4 Å². The van der Waals surface area contributed by atoms with E-state index in [2.05, 4.69) is 40.7 Å². The smallest absolute Gasteiger partial charge is 0.276 e. The molecule has 2 rings (SSSR count). The fourth-order valence-corrected chi connectivity index (χ4v) is 3.75. The maximum absolute atomic E-state index is 12.0. The molecule has 0 bridgehead atoms. The maximum Gasteiger partial charge on any atom is 0.276 e. The Kier molecular flexibility index (Phi) is 4.45. The summed E-state index contributed by atoms with van der Waals surface area (Å²) >= 11 is 1.55. The van der Waals surface area contributed by atoms with Crippen molar-refractivity contribution in [1.29, 1.82) is 0 Å². The number of nitrogens with zero attached hydrogens (tertiary/aromatic N) is 4. The van der Waals surface area contributed by atoms with Gasteiger partial charge in [-0.05, 0) is 0 Å². The number of aryl methyl sites for hydroxylation is 1. The van der Waals surface area contributed by atoms with Gasteiger partial charge in [-0.2, -0.15) is 0 Å². The van der Waals surface area contributed by atoms with E-state index in [1.165, 1.54) is 10.9 Å². The van der Waals surface area contributed by atoms with Crippen LogP contribution in [0.1, 0.15) is 31.5 Å². The van der Waals surface area contributed by atoms with Gasteiger partial charge in [0.1, 0.15) is 6.33 Å². The lowest BCUT2D eigenvalue weighted by Gasteiger charge is -2.14. The van der Waals surface area contributed by atoms with Crippen LogP contribution in [-0.4, -0.2) is 34.7 Å². The Hall–Kier alpha value is -1.32. The lowest BCUT2D eigenvalue weighted by atomic mass is 9.93. The first-order chi connectivity index (χ1) is 9.70. The molecular weight excluding hydrogens is 310 g/mol. The van der Waals surface area contributed by atoms with E-state index in [9.17, 15) is 8.42 Å². The third-order valence-corrected chi connectivity index (χ3v) is 5.20. The average molecular weight is 329 g/mol. The SMILES string of the molecule is Cn1cnnc1S(=O)(=O)NCCc1nc(C(C)(C)C)cs1. The summed E-state index contributed by atoms with van der Waals surface area (Å²) in [6.07, 6.45) is 1.91. The number of rotatable bonds is 5. The molecule has 9 heteroatoms. The van der Waals surface area contributed by atoms with Crippen LogP contribution in [0, 0.1) is 0 Å². The second-order valence-electron chi connectivity index (χ2n) is 5.75. The maximum atomic E-state index is 12.0. The zero-order valence-corrected chi connectivity index (χ0v) is 14.1. The van der Waals surface area contributed by atoms with Gasteiger partial charge in [-0.1, -0.05) is 20.8 Å². The molecule has 0 radical (unpaired) electrons. The molecule has 2 aromatic rings. The third kappa shape index (κ3) is 3.86. The highest BCUT2D eigenvalue weighted by Gasteiger charge is 2.20. The largest absolute Gasteiger partial charge is 0.306 e. The van der Waals surface area contributed by atoms with E-state index in [0.717, 1.165) is 10.7 Å². The zero-order chi connectivity index (χ0) is 15.7. The van der Waals surface area contributed by atoms with Crippen LogP contribution in [0.15, 0.2) is 16.9 Å². The van der Waals surface area contributed by atoms with E-state index in [1.54, 1.807) is 18.4 Å². The molecule has 0 unspecified atom stereocenters. The second-order valence-corrected chi connectivity index (χ2v) is 8.35. The van der Waals surface area contributed by atoms with Crippen LogP contribution in [0.4, 0.5) is 0 Å². The lowest BCUT2D eigenvalue weighted by molar-refractivity contribution is 0.561. The highest BCUT2D eigenvalue weighted by molar-refractivity contribution is 7.89. The van der Waals surface area contributed by atoms with Gasteiger partial charge in [0.2, 0.25) is 0 Å². The molecule has 0 aromatic carbocycles. The molecule has 0 spiro atoms. The van der Waals surface area contributed by atoms with E-state index < -0.39 is 10.0 Å². The van der Waals surface area contributed by atoms with Crippen molar-refractivity contribution in [1.82, 2.24) is 24.5 Å². The van der Waals surface area contributed by atoms with Crippen molar-refractivity contribution in [3.63, 3.8) is 0 Å². The fourth-order valence-electron chi connectivity index (χ4n) is 1.64. The molecule has 0 atom stereocenters. The Bertz CT molecular complexity index is 712. The van der Waals surface area contributed by atoms with Crippen LogP contribution in [0.5, 0.6) is 0 Å². The minimum atomic E-state index is -3.62. The Balaban J connectivity index is 1.96. The van der Waals surface area contributed by atoms with Crippen molar-refractivity contribution >= 4 is 21.4 Å². The van der Waals surface area contributed by atoms with Gasteiger partial charge in [0.15, 0.2) is 0 Å². The molecule has 0 saturated carbocycles. The molecule has 0 saturated heterocycles. The Labute approximate surface area is 128 Å². The molecule has 0 aliphatic heterocycles. The van der Waals surface area contributed by atoms with Gasteiger partial charge >= 0.3 is 0 Å². The van der Waals surface area contributed by atoms with E-state index in [4.69, 9.17) is 0 Å². The summed E-state index contributed by atoms with van der Waals surface area (Å²) in [5, 5.41) is 10.0. The Morgan fingerprint density at radius 2 is 2.10 bits per heavy atom. The van der Waals surface area contributed by atoms with Crippen LogP contribution in [0.25, 0.3) is 0 Å². The van der Waals surface area contributed by atoms with Crippen LogP contribution >= 0.6 is 11.3 Å². The lowest BCUT2D eigenvalue weighted by Crippen LogP contribution is -2.28. The molecule has 21 heavy (non-hydrogen) atoms. The summed E-state index contributed by atoms with van der Waals surface area (Å²) in [6.45, 7) is 6.58. The summed E-state index contributed by atoms with van der Waals surface area (Å²) < 4.78 is 27.9. The molecule has 7 nitrogen and oxygen atoms in total. The van der Waals surface area contributed by atoms with Gasteiger partial charge in [0, 0.05) is 30.8 Å². The summed E-state index contributed by atoms with van der Waals surface area (Å²) in [5.74, 6) is 0. The molecule has 0 aliphatic rings. The van der Waals surface area contributed by atoms with Gasteiger partial charge < -0.3 is 4.57 Å². The van der Waals surface area contributed by atoms with Crippen molar-refractivity contribution in [2.45, 2.75) is 37.8 Å². The highest BCUT2D eigenvalue weighted by Crippen LogP contribution is 2.23. The number of aromatic nitrogens is 4. The van der Waals surface area contributed by atoms with Crippen LogP contribution < -0.4 is 4.72 Å². The molecule has 0 aliphatic carbocycles. The number of nitrogens with one attached hydrogen (secondary N) is 1. The van der Waals surface area contributed by atoms with Crippen LogP contribution in [0.3, 0.4) is 0 Å². The molecule has 2 aromatic heterocycles. The first-order valence-electron chi connectivity index (χ1n) is 6.49. The number of thiazole rings is 1. The van der Waals surface area contributed by atoms with Crippen molar-refractivity contribution in [2.75, 3.05) is 6.54 Å². The molecular formula is C12H19N5O2S2. The van der Waals surface area contributed by atoms with Crippen LogP contribution in [0.2, 0.25) is 0 Å². The van der Waals surface area contributed by atoms with Crippen LogP contribution in [-0.2, 0) is 28.9 Å². The number of sulfonamides is 1. The number of hydrogen-bond acceptors (Lipinski definition) is 6. The van der Waals surface area contributed by atoms with E-state index in [0.29, 0.717) is 6.42 Å². The first kappa shape index (κ1) is 16.1. The topological polar surface area (TPSA) is 89.8 Å². The average Bonchev–Trinajstić information content (AvgIpc) is 2.97. The molecule has 2 heterocycles. The first-order valence-corrected chi connectivity index (χ1v) is 8.85. The summed E-state index contributed by atoms with van der Waals surface area (Å²) in [5.41, 5.74) is 1.03. The third-order valence-electron chi connectivity index (χ3n) is 2.86. The summed E-state index contributed by atoms with van der Waals surface area (Å²) in [7, 11) is -2.03. The van der Waals surface area contributed by atoms with Gasteiger partial charge in [0.25, 0.3) is 15.2 Å². The minimum Gasteiger partial charge on any atom is -0.306 e. The van der Waals surface area contributed by atoms with Crippen molar-refractivity contribution in [3.8, 4) is 0 Å². The number of hydrogen-bond donors (Lipinski definition) is 1. The standard InChI is InChI=1S/C12H19N5O2S2/c1-12(2,3)9-7-20-10(15-9)5-6-14-21(18,19)11-16-13-8-17(11)4/h7-8,14H,5-6H2,1-4H3. The molecule has 1 N–H and O–H groups in total. The van der Waals surface area contributed by atoms with Gasteiger partial charge in [0.05, 0.1) is 10.7 Å². The molecule has 116 valence electrons. The monoisotopic (exact) mass is 329 g/mol. The van der Waals surface area contributed by atoms with E-state index >= 15 is 0 Å². The summed E-state index contributed by atoms with van der Waals surface area (Å²) in [4.78, 5) is 4.53. The highest BCUT2D eigenvalue weighted by atomic mass is 32.2. The van der Waals surface area contributed by atoms with E-state index in [-0.39, 0.29) is 17.1 Å². The second kappa shape index (κ2) is 5.82. The fraction of sp³-hybridized carbons (Fsp3) is 0.583. The normalized spacial score (nSPS) is 12.8. The van der Waals surface area contributed by atoms with Gasteiger partial charge in [-0.3, -0.25) is 0 Å². The molecule has 0 fully saturated rings. The van der Waals surface area contributed by atoms with Gasteiger partial charge in [-0.25, -0.2) is 18.1 Å². The predicted molar refractivity (Wildman–Crippen MR) is 80.7 cm³/mol. The zero-order valence-electron chi connectivity index (χ0n) is 12.5. The minimum absolute atomic E-state index is 0.00683. The molecule has 0 amide bonds. The Morgan fingerprint density at radius 3 is 2.62 bits per heavy atom. The Morgan fingerprint density at radius 1 is 1.38 bits per heavy atom. The predicted octanol–water partition coefficient (Wildman–Crippen LogP) is 1.09. The van der Waals surface area contributed by atoms with Gasteiger partial charge in [-0.15, -0.1) is 21.5 Å². The van der Waals surface area contributed by atoms with Crippen molar-refractivity contribution < 1.29 is 8.42 Å². The van der Waals surface area contributed by atoms with E-state index in [1.807, 2.05) is 5.38 Å². The van der Waals surface area contributed by atoms with Crippen molar-refractivity contribution in [2.24, 2.45) is 7.05 Å². The quantitative estimate of drug-likeness (QED) is 0.887. The summed E-state index contributed by atoms with van der Waals surface area (Å²) in [6, 6.07) is 0.